The van der Waals surface area contributed by atoms with Gasteiger partial charge in [0.1, 0.15) is 0 Å². The lowest BCUT2D eigenvalue weighted by molar-refractivity contribution is 0.0696. The van der Waals surface area contributed by atoms with Gasteiger partial charge in [-0.1, -0.05) is 5.21 Å². The molecule has 0 spiro atoms. The van der Waals surface area contributed by atoms with Gasteiger partial charge in [-0.25, -0.2) is 9.59 Å². The van der Waals surface area contributed by atoms with E-state index in [0.717, 1.165) is 0 Å². The van der Waals surface area contributed by atoms with E-state index in [-0.39, 0.29) is 5.56 Å². The zero-order valence-electron chi connectivity index (χ0n) is 10.8. The average Bonchev–Trinajstić information content (AvgIpc) is 2.94. The number of aromatic amines is 1. The number of urea groups is 1. The van der Waals surface area contributed by atoms with Gasteiger partial charge in [0.05, 0.1) is 11.6 Å². The van der Waals surface area contributed by atoms with Crippen molar-refractivity contribution in [3.63, 3.8) is 0 Å². The number of carboxylic acid groups (broad SMARTS) is 1. The Hall–Kier alpha value is -2.49. The molecule has 0 saturated heterocycles. The van der Waals surface area contributed by atoms with Crippen molar-refractivity contribution in [1.29, 1.82) is 0 Å². The molecule has 1 unspecified atom stereocenters. The van der Waals surface area contributed by atoms with Gasteiger partial charge in [0.2, 0.25) is 0 Å². The Morgan fingerprint density at radius 2 is 2.19 bits per heavy atom. The number of hydrogen-bond acceptors (Lipinski definition) is 5. The van der Waals surface area contributed by atoms with E-state index in [0.29, 0.717) is 16.0 Å². The van der Waals surface area contributed by atoms with Crippen molar-refractivity contribution in [2.75, 3.05) is 5.32 Å². The molecule has 1 atom stereocenters. The number of amides is 2. The monoisotopic (exact) mass is 354 g/mol. The molecule has 2 amide bonds. The highest BCUT2D eigenvalue weighted by atomic mass is 79.9. The highest BCUT2D eigenvalue weighted by Gasteiger charge is 2.14. The minimum atomic E-state index is -1.09. The van der Waals surface area contributed by atoms with Gasteiger partial charge in [-0.15, -0.1) is 10.2 Å². The van der Waals surface area contributed by atoms with Crippen LogP contribution in [-0.2, 0) is 0 Å². The second-order valence-corrected chi connectivity index (χ2v) is 4.94. The molecule has 1 aromatic heterocycles. The van der Waals surface area contributed by atoms with E-state index < -0.39 is 18.0 Å². The Bertz CT molecular complexity index is 660. The molecule has 1 aromatic carbocycles. The van der Waals surface area contributed by atoms with Crippen LogP contribution in [0.5, 0.6) is 0 Å². The number of H-pyrrole nitrogens is 1. The Balaban J connectivity index is 2.03. The minimum absolute atomic E-state index is 0.0546. The maximum absolute atomic E-state index is 11.8. The van der Waals surface area contributed by atoms with Gasteiger partial charge in [0.25, 0.3) is 0 Å². The molecule has 0 saturated carbocycles. The normalized spacial score (nSPS) is 11.7. The van der Waals surface area contributed by atoms with Crippen LogP contribution < -0.4 is 10.6 Å². The number of benzene rings is 1. The summed E-state index contributed by atoms with van der Waals surface area (Å²) in [6.07, 6.45) is 0. The molecular formula is C11H11BrN6O3. The second kappa shape index (κ2) is 6.31. The summed E-state index contributed by atoms with van der Waals surface area (Å²) in [6.45, 7) is 1.69. The predicted molar refractivity (Wildman–Crippen MR) is 75.8 cm³/mol. The van der Waals surface area contributed by atoms with Crippen LogP contribution in [0, 0.1) is 0 Å². The average molecular weight is 355 g/mol. The van der Waals surface area contributed by atoms with Gasteiger partial charge in [-0.3, -0.25) is 0 Å². The van der Waals surface area contributed by atoms with E-state index in [4.69, 9.17) is 5.11 Å². The maximum Gasteiger partial charge on any atom is 0.336 e. The van der Waals surface area contributed by atoms with Crippen molar-refractivity contribution in [1.82, 2.24) is 25.9 Å². The molecule has 0 radical (unpaired) electrons. The van der Waals surface area contributed by atoms with Crippen molar-refractivity contribution in [3.8, 4) is 0 Å². The number of halogens is 1. The van der Waals surface area contributed by atoms with Crippen LogP contribution in [-0.4, -0.2) is 37.7 Å². The van der Waals surface area contributed by atoms with Crippen molar-refractivity contribution >= 4 is 33.6 Å². The van der Waals surface area contributed by atoms with E-state index in [1.54, 1.807) is 19.1 Å². The highest BCUT2D eigenvalue weighted by molar-refractivity contribution is 9.10. The summed E-state index contributed by atoms with van der Waals surface area (Å²) in [4.78, 5) is 22.8. The van der Waals surface area contributed by atoms with Gasteiger partial charge in [0.15, 0.2) is 5.82 Å². The van der Waals surface area contributed by atoms with E-state index in [9.17, 15) is 9.59 Å². The van der Waals surface area contributed by atoms with Crippen molar-refractivity contribution in [2.45, 2.75) is 13.0 Å². The van der Waals surface area contributed by atoms with Crippen LogP contribution in [0.2, 0.25) is 0 Å². The summed E-state index contributed by atoms with van der Waals surface area (Å²) in [7, 11) is 0. The van der Waals surface area contributed by atoms with Crippen molar-refractivity contribution in [2.24, 2.45) is 0 Å². The van der Waals surface area contributed by atoms with E-state index in [1.165, 1.54) is 6.07 Å². The number of aromatic carboxylic acids is 1. The fourth-order valence-corrected chi connectivity index (χ4v) is 1.96. The number of carbonyl (C=O) groups is 2. The molecule has 2 rings (SSSR count). The van der Waals surface area contributed by atoms with E-state index in [2.05, 4.69) is 47.2 Å². The first kappa shape index (κ1) is 14.9. The summed E-state index contributed by atoms with van der Waals surface area (Å²) in [6, 6.07) is 3.52. The summed E-state index contributed by atoms with van der Waals surface area (Å²) in [5, 5.41) is 27.3. The number of rotatable bonds is 4. The van der Waals surface area contributed by atoms with Crippen molar-refractivity contribution < 1.29 is 14.7 Å². The minimum Gasteiger partial charge on any atom is -0.478 e. The third-order valence-corrected chi connectivity index (χ3v) is 3.24. The van der Waals surface area contributed by atoms with Gasteiger partial charge in [0, 0.05) is 10.2 Å². The molecule has 0 bridgehead atoms. The molecule has 1 heterocycles. The van der Waals surface area contributed by atoms with Crippen molar-refractivity contribution in [3.05, 3.63) is 34.1 Å². The first-order chi connectivity index (χ1) is 9.97. The van der Waals surface area contributed by atoms with E-state index in [1.807, 2.05) is 0 Å². The molecule has 4 N–H and O–H groups in total. The van der Waals surface area contributed by atoms with Crippen LogP contribution in [0.3, 0.4) is 0 Å². The fraction of sp³-hybridized carbons (Fsp3) is 0.182. The summed E-state index contributed by atoms with van der Waals surface area (Å²) in [5.74, 6) is -0.752. The number of anilines is 1. The first-order valence-corrected chi connectivity index (χ1v) is 6.60. The number of aromatic nitrogens is 4. The lowest BCUT2D eigenvalue weighted by Gasteiger charge is -2.12. The molecule has 110 valence electrons. The van der Waals surface area contributed by atoms with Crippen LogP contribution in [0.4, 0.5) is 10.5 Å². The number of nitrogens with zero attached hydrogens (tertiary/aromatic N) is 3. The molecule has 21 heavy (non-hydrogen) atoms. The summed E-state index contributed by atoms with van der Waals surface area (Å²) in [5.41, 5.74) is 0.410. The van der Waals surface area contributed by atoms with Crippen LogP contribution in [0.15, 0.2) is 22.7 Å². The lowest BCUT2D eigenvalue weighted by Crippen LogP contribution is -2.31. The Kier molecular flexibility index (Phi) is 4.48. The van der Waals surface area contributed by atoms with Crippen LogP contribution in [0.25, 0.3) is 0 Å². The molecule has 10 heteroatoms. The standard InChI is InChI=1S/C11H11BrN6O3/c1-5(9-15-17-18-16-9)13-11(21)14-6-2-3-8(12)7(4-6)10(19)20/h2-5H,1H3,(H,19,20)(H2,13,14,21)(H,15,16,17,18). The van der Waals surface area contributed by atoms with Gasteiger partial charge >= 0.3 is 12.0 Å². The second-order valence-electron chi connectivity index (χ2n) is 4.09. The van der Waals surface area contributed by atoms with Gasteiger partial charge in [-0.05, 0) is 41.1 Å². The van der Waals surface area contributed by atoms with Gasteiger partial charge in [-0.2, -0.15) is 5.21 Å². The van der Waals surface area contributed by atoms with E-state index >= 15 is 0 Å². The number of nitrogens with one attached hydrogen (secondary N) is 3. The molecule has 9 nitrogen and oxygen atoms in total. The topological polar surface area (TPSA) is 133 Å². The highest BCUT2D eigenvalue weighted by Crippen LogP contribution is 2.21. The molecule has 2 aromatic rings. The molecular weight excluding hydrogens is 344 g/mol. The third-order valence-electron chi connectivity index (χ3n) is 2.55. The number of carboxylic acids is 1. The number of tetrazole rings is 1. The lowest BCUT2D eigenvalue weighted by atomic mass is 10.2. The molecule has 0 aliphatic heterocycles. The quantitative estimate of drug-likeness (QED) is 0.658. The Morgan fingerprint density at radius 3 is 2.81 bits per heavy atom. The molecule has 0 aliphatic carbocycles. The zero-order chi connectivity index (χ0) is 15.4. The van der Waals surface area contributed by atoms with Crippen LogP contribution in [0.1, 0.15) is 29.1 Å². The Morgan fingerprint density at radius 1 is 1.43 bits per heavy atom. The maximum atomic E-state index is 11.8. The first-order valence-electron chi connectivity index (χ1n) is 5.81. The van der Waals surface area contributed by atoms with Gasteiger partial charge < -0.3 is 15.7 Å². The van der Waals surface area contributed by atoms with Crippen LogP contribution >= 0.6 is 15.9 Å². The summed E-state index contributed by atoms with van der Waals surface area (Å²) >= 11 is 3.13. The summed E-state index contributed by atoms with van der Waals surface area (Å²) < 4.78 is 0.432. The third kappa shape index (κ3) is 3.75. The number of hydrogen-bond donors (Lipinski definition) is 4. The largest absolute Gasteiger partial charge is 0.478 e. The predicted octanol–water partition coefficient (Wildman–Crippen LogP) is 1.54. The fourth-order valence-electron chi connectivity index (χ4n) is 1.55. The smallest absolute Gasteiger partial charge is 0.336 e. The molecule has 0 aliphatic rings. The number of carbonyl (C=O) groups excluding carboxylic acids is 1. The molecule has 0 fully saturated rings. The zero-order valence-corrected chi connectivity index (χ0v) is 12.4. The Labute approximate surface area is 127 Å². The SMILES string of the molecule is CC(NC(=O)Nc1ccc(Br)c(C(=O)O)c1)c1nn[nH]n1.